The number of phenols is 1. The molecule has 11 heteroatoms. The predicted molar refractivity (Wildman–Crippen MR) is 139 cm³/mol. The SMILES string of the molecule is CSCCC(NC(=O)C(Cc1ccc(O)cc1)NC(=O)C1CCCN1)C(=O)NC(CC(C)C)C(=O)O. The summed E-state index contributed by atoms with van der Waals surface area (Å²) < 4.78 is 0. The number of hydrogen-bond acceptors (Lipinski definition) is 7. The van der Waals surface area contributed by atoms with Crippen LogP contribution in [-0.4, -0.2) is 76.6 Å². The Labute approximate surface area is 216 Å². The molecule has 0 radical (unpaired) electrons. The Morgan fingerprint density at radius 2 is 1.67 bits per heavy atom. The molecule has 10 nitrogen and oxygen atoms in total. The molecule has 1 saturated heterocycles. The Kier molecular flexibility index (Phi) is 12.0. The molecule has 4 unspecified atom stereocenters. The minimum Gasteiger partial charge on any atom is -0.508 e. The number of aromatic hydroxyl groups is 1. The Bertz CT molecular complexity index is 889. The molecule has 0 saturated carbocycles. The summed E-state index contributed by atoms with van der Waals surface area (Å²) in [5.41, 5.74) is 0.723. The van der Waals surface area contributed by atoms with Crippen LogP contribution in [0.4, 0.5) is 0 Å². The quantitative estimate of drug-likeness (QED) is 0.211. The number of carbonyl (C=O) groups is 4. The molecule has 0 aliphatic carbocycles. The average molecular weight is 523 g/mol. The first-order chi connectivity index (χ1) is 17.1. The number of amides is 3. The molecule has 2 rings (SSSR count). The number of nitrogens with one attached hydrogen (secondary N) is 4. The van der Waals surface area contributed by atoms with Crippen molar-refractivity contribution in [1.82, 2.24) is 21.3 Å². The van der Waals surface area contributed by atoms with Crippen molar-refractivity contribution in [3.8, 4) is 5.75 Å². The Hall–Kier alpha value is -2.79. The summed E-state index contributed by atoms with van der Waals surface area (Å²) in [7, 11) is 0. The van der Waals surface area contributed by atoms with Gasteiger partial charge in [-0.3, -0.25) is 14.4 Å². The third-order valence-corrected chi connectivity index (χ3v) is 6.60. The summed E-state index contributed by atoms with van der Waals surface area (Å²) in [5.74, 6) is -1.82. The molecule has 4 atom stereocenters. The lowest BCUT2D eigenvalue weighted by molar-refractivity contribution is -0.142. The number of rotatable bonds is 14. The fraction of sp³-hybridized carbons (Fsp3) is 0.600. The number of phenolic OH excluding ortho intramolecular Hbond substituents is 1. The van der Waals surface area contributed by atoms with Gasteiger partial charge in [-0.05, 0) is 67.9 Å². The second-order valence-electron chi connectivity index (χ2n) is 9.45. The zero-order valence-corrected chi connectivity index (χ0v) is 21.9. The van der Waals surface area contributed by atoms with Gasteiger partial charge in [0.25, 0.3) is 0 Å². The molecular weight excluding hydrogens is 484 g/mol. The molecule has 6 N–H and O–H groups in total. The standard InChI is InChI=1S/C25H38N4O6S/c1-15(2)13-21(25(34)35)29-23(32)19(10-12-36-3)27-24(33)20(14-16-6-8-17(30)9-7-16)28-22(31)18-5-4-11-26-18/h6-9,15,18-21,26,30H,4-5,10-14H2,1-3H3,(H,27,33)(H,28,31)(H,29,32)(H,34,35). The molecule has 1 aromatic rings. The summed E-state index contributed by atoms with van der Waals surface area (Å²) in [6.45, 7) is 4.46. The van der Waals surface area contributed by atoms with Crippen molar-refractivity contribution in [1.29, 1.82) is 0 Å². The van der Waals surface area contributed by atoms with Gasteiger partial charge in [0.2, 0.25) is 17.7 Å². The van der Waals surface area contributed by atoms with Crippen molar-refractivity contribution < 1.29 is 29.4 Å². The first kappa shape index (κ1) is 29.4. The molecule has 1 fully saturated rings. The Morgan fingerprint density at radius 1 is 1.03 bits per heavy atom. The summed E-state index contributed by atoms with van der Waals surface area (Å²) in [4.78, 5) is 50.8. The molecule has 1 aromatic carbocycles. The first-order valence-electron chi connectivity index (χ1n) is 12.2. The number of benzene rings is 1. The number of aliphatic carboxylic acids is 1. The lowest BCUT2D eigenvalue weighted by atomic mass is 10.0. The van der Waals surface area contributed by atoms with Crippen LogP contribution in [0.1, 0.15) is 45.1 Å². The second kappa shape index (κ2) is 14.7. The van der Waals surface area contributed by atoms with Gasteiger partial charge in [0.15, 0.2) is 0 Å². The molecule has 0 aromatic heterocycles. The lowest BCUT2D eigenvalue weighted by Crippen LogP contribution is -2.57. The molecule has 36 heavy (non-hydrogen) atoms. The van der Waals surface area contributed by atoms with E-state index in [1.165, 1.54) is 23.9 Å². The van der Waals surface area contributed by atoms with Crippen LogP contribution in [0.15, 0.2) is 24.3 Å². The highest BCUT2D eigenvalue weighted by atomic mass is 32.2. The van der Waals surface area contributed by atoms with Gasteiger partial charge in [0.1, 0.15) is 23.9 Å². The normalized spacial score (nSPS) is 17.7. The maximum absolute atomic E-state index is 13.3. The van der Waals surface area contributed by atoms with Gasteiger partial charge in [-0.1, -0.05) is 26.0 Å². The van der Waals surface area contributed by atoms with Crippen LogP contribution in [0.25, 0.3) is 0 Å². The molecule has 3 amide bonds. The topological polar surface area (TPSA) is 157 Å². The van der Waals surface area contributed by atoms with Crippen LogP contribution in [0, 0.1) is 5.92 Å². The number of hydrogen-bond donors (Lipinski definition) is 6. The predicted octanol–water partition coefficient (Wildman–Crippen LogP) is 1.02. The molecule has 1 aliphatic heterocycles. The maximum atomic E-state index is 13.3. The maximum Gasteiger partial charge on any atom is 0.326 e. The van der Waals surface area contributed by atoms with Crippen molar-refractivity contribution in [3.05, 3.63) is 29.8 Å². The highest BCUT2D eigenvalue weighted by Gasteiger charge is 2.31. The van der Waals surface area contributed by atoms with Gasteiger partial charge < -0.3 is 31.5 Å². The minimum absolute atomic E-state index is 0.0553. The van der Waals surface area contributed by atoms with E-state index in [1.807, 2.05) is 20.1 Å². The minimum atomic E-state index is -1.13. The van der Waals surface area contributed by atoms with Gasteiger partial charge in [-0.2, -0.15) is 11.8 Å². The molecule has 0 bridgehead atoms. The van der Waals surface area contributed by atoms with E-state index >= 15 is 0 Å². The van der Waals surface area contributed by atoms with Gasteiger partial charge in [-0.15, -0.1) is 0 Å². The van der Waals surface area contributed by atoms with Crippen LogP contribution < -0.4 is 21.3 Å². The first-order valence-corrected chi connectivity index (χ1v) is 13.6. The number of carboxylic acids is 1. The van der Waals surface area contributed by atoms with E-state index in [0.29, 0.717) is 18.6 Å². The zero-order valence-electron chi connectivity index (χ0n) is 21.1. The van der Waals surface area contributed by atoms with Crippen molar-refractivity contribution >= 4 is 35.5 Å². The van der Waals surface area contributed by atoms with Crippen LogP contribution in [0.5, 0.6) is 5.75 Å². The highest BCUT2D eigenvalue weighted by Crippen LogP contribution is 2.13. The zero-order chi connectivity index (χ0) is 26.7. The van der Waals surface area contributed by atoms with Gasteiger partial charge in [0.05, 0.1) is 6.04 Å². The largest absolute Gasteiger partial charge is 0.508 e. The smallest absolute Gasteiger partial charge is 0.326 e. The van der Waals surface area contributed by atoms with E-state index in [2.05, 4.69) is 21.3 Å². The van der Waals surface area contributed by atoms with E-state index in [9.17, 15) is 29.4 Å². The fourth-order valence-electron chi connectivity index (χ4n) is 4.00. The van der Waals surface area contributed by atoms with E-state index in [0.717, 1.165) is 18.5 Å². The molecule has 1 heterocycles. The van der Waals surface area contributed by atoms with E-state index in [4.69, 9.17) is 0 Å². The summed E-state index contributed by atoms with van der Waals surface area (Å²) in [6.07, 6.45) is 4.13. The Balaban J connectivity index is 2.18. The van der Waals surface area contributed by atoms with E-state index < -0.39 is 35.9 Å². The third kappa shape index (κ3) is 9.69. The van der Waals surface area contributed by atoms with Crippen LogP contribution in [-0.2, 0) is 25.6 Å². The second-order valence-corrected chi connectivity index (χ2v) is 10.4. The van der Waals surface area contributed by atoms with Crippen molar-refractivity contribution in [2.24, 2.45) is 5.92 Å². The van der Waals surface area contributed by atoms with Crippen LogP contribution in [0.3, 0.4) is 0 Å². The van der Waals surface area contributed by atoms with Crippen LogP contribution >= 0.6 is 11.8 Å². The van der Waals surface area contributed by atoms with Crippen molar-refractivity contribution in [2.75, 3.05) is 18.6 Å². The van der Waals surface area contributed by atoms with Crippen LogP contribution in [0.2, 0.25) is 0 Å². The number of carbonyl (C=O) groups excluding carboxylic acids is 3. The van der Waals surface area contributed by atoms with E-state index in [-0.39, 0.29) is 36.5 Å². The summed E-state index contributed by atoms with van der Waals surface area (Å²) in [5, 5.41) is 30.3. The molecule has 1 aliphatic rings. The van der Waals surface area contributed by atoms with Gasteiger partial charge in [0, 0.05) is 6.42 Å². The Morgan fingerprint density at radius 3 is 2.22 bits per heavy atom. The monoisotopic (exact) mass is 522 g/mol. The number of carboxylic acid groups (broad SMARTS) is 1. The lowest BCUT2D eigenvalue weighted by Gasteiger charge is -2.25. The van der Waals surface area contributed by atoms with E-state index in [1.54, 1.807) is 12.1 Å². The number of thioether (sulfide) groups is 1. The van der Waals surface area contributed by atoms with Crippen molar-refractivity contribution in [2.45, 2.75) is 70.1 Å². The van der Waals surface area contributed by atoms with Gasteiger partial charge >= 0.3 is 5.97 Å². The van der Waals surface area contributed by atoms with Gasteiger partial charge in [-0.25, -0.2) is 4.79 Å². The highest BCUT2D eigenvalue weighted by molar-refractivity contribution is 7.98. The fourth-order valence-corrected chi connectivity index (χ4v) is 4.47. The average Bonchev–Trinajstić information content (AvgIpc) is 3.37. The molecule has 200 valence electrons. The third-order valence-electron chi connectivity index (χ3n) is 5.95. The summed E-state index contributed by atoms with van der Waals surface area (Å²) in [6, 6.07) is 2.96. The van der Waals surface area contributed by atoms with Crippen molar-refractivity contribution in [3.63, 3.8) is 0 Å². The molecule has 0 spiro atoms. The molecular formula is C25H38N4O6S. The summed E-state index contributed by atoms with van der Waals surface area (Å²) >= 11 is 1.50.